The first-order chi connectivity index (χ1) is 34.8. The highest BCUT2D eigenvalue weighted by molar-refractivity contribution is 6.23. The van der Waals surface area contributed by atoms with Crippen molar-refractivity contribution in [3.63, 3.8) is 0 Å². The van der Waals surface area contributed by atoms with Gasteiger partial charge in [-0.15, -0.1) is 0 Å². The first kappa shape index (κ1) is 38.8. The van der Waals surface area contributed by atoms with Crippen LogP contribution < -0.4 is 0 Å². The lowest BCUT2D eigenvalue weighted by atomic mass is 9.79. The molecule has 12 aromatic carbocycles. The van der Waals surface area contributed by atoms with Gasteiger partial charge in [0.2, 0.25) is 0 Å². The van der Waals surface area contributed by atoms with Crippen molar-refractivity contribution in [3.05, 3.63) is 255 Å². The largest absolute Gasteiger partial charge is 0.309 e. The first-order valence-corrected chi connectivity index (χ1v) is 24.3. The summed E-state index contributed by atoms with van der Waals surface area (Å²) < 4.78 is 4.90. The third-order valence-corrected chi connectivity index (χ3v) is 15.1. The highest BCUT2D eigenvalue weighted by Gasteiger charge is 2.25. The van der Waals surface area contributed by atoms with Gasteiger partial charge in [0.25, 0.3) is 0 Å². The summed E-state index contributed by atoms with van der Waals surface area (Å²) >= 11 is 0. The number of hydrogen-bond acceptors (Lipinski definition) is 0. The Morgan fingerprint density at radius 2 is 0.557 bits per heavy atom. The van der Waals surface area contributed by atoms with Crippen molar-refractivity contribution in [1.82, 2.24) is 9.13 Å². The lowest BCUT2D eigenvalue weighted by molar-refractivity contribution is 1.16. The second-order valence-electron chi connectivity index (χ2n) is 18.7. The van der Waals surface area contributed by atoms with Gasteiger partial charge in [0.05, 0.1) is 22.1 Å². The van der Waals surface area contributed by atoms with Gasteiger partial charge in [0.1, 0.15) is 0 Å². The van der Waals surface area contributed by atoms with E-state index >= 15 is 0 Å². The Kier molecular flexibility index (Phi) is 8.39. The van der Waals surface area contributed by atoms with E-state index in [1.54, 1.807) is 0 Å². The van der Waals surface area contributed by atoms with E-state index in [-0.39, 0.29) is 0 Å². The van der Waals surface area contributed by atoms with Gasteiger partial charge >= 0.3 is 0 Å². The van der Waals surface area contributed by atoms with Crippen LogP contribution in [0.1, 0.15) is 0 Å². The van der Waals surface area contributed by atoms with E-state index in [2.05, 4.69) is 264 Å². The molecule has 15 rings (SSSR count). The van der Waals surface area contributed by atoms with Crippen LogP contribution >= 0.6 is 0 Å². The van der Waals surface area contributed by atoms with Crippen LogP contribution in [-0.4, -0.2) is 9.13 Å². The fourth-order valence-electron chi connectivity index (χ4n) is 12.1. The highest BCUT2D eigenvalue weighted by Crippen LogP contribution is 2.51. The van der Waals surface area contributed by atoms with E-state index in [0.717, 1.165) is 11.4 Å². The number of fused-ring (bicyclic) bond motifs is 16. The van der Waals surface area contributed by atoms with E-state index in [1.807, 2.05) is 0 Å². The number of hydrogen-bond donors (Lipinski definition) is 0. The Labute approximate surface area is 405 Å². The third-order valence-electron chi connectivity index (χ3n) is 15.1. The number of nitrogens with zero attached hydrogens (tertiary/aromatic N) is 2. The van der Waals surface area contributed by atoms with Crippen molar-refractivity contribution in [2.45, 2.75) is 0 Å². The van der Waals surface area contributed by atoms with Crippen LogP contribution in [0.15, 0.2) is 255 Å². The van der Waals surface area contributed by atoms with E-state index in [4.69, 9.17) is 0 Å². The molecule has 0 atom stereocenters. The molecule has 1 aliphatic rings. The Balaban J connectivity index is 0.956. The quantitative estimate of drug-likeness (QED) is 0.156. The van der Waals surface area contributed by atoms with Gasteiger partial charge in [-0.05, 0) is 143 Å². The lowest BCUT2D eigenvalue weighted by Gasteiger charge is -2.24. The third kappa shape index (κ3) is 5.62. The number of aromatic nitrogens is 2. The Hall–Kier alpha value is -9.24. The molecule has 324 valence electrons. The molecule has 0 spiro atoms. The highest BCUT2D eigenvalue weighted by atomic mass is 15.0. The van der Waals surface area contributed by atoms with Gasteiger partial charge < -0.3 is 9.13 Å². The van der Waals surface area contributed by atoms with Crippen molar-refractivity contribution in [2.75, 3.05) is 0 Å². The molecule has 2 heteroatoms. The summed E-state index contributed by atoms with van der Waals surface area (Å²) in [5, 5.41) is 9.94. The minimum Gasteiger partial charge on any atom is -0.309 e. The number of benzene rings is 12. The molecule has 0 amide bonds. The van der Waals surface area contributed by atoms with E-state index in [1.165, 1.54) is 132 Å². The molecule has 2 heterocycles. The normalized spacial score (nSPS) is 12.0. The zero-order valence-corrected chi connectivity index (χ0v) is 38.1. The number of para-hydroxylation sites is 3. The molecule has 0 bridgehead atoms. The van der Waals surface area contributed by atoms with Crippen LogP contribution in [0.2, 0.25) is 0 Å². The fourth-order valence-corrected chi connectivity index (χ4v) is 12.1. The smallest absolute Gasteiger partial charge is 0.0562 e. The predicted octanol–water partition coefficient (Wildman–Crippen LogP) is 18.5. The summed E-state index contributed by atoms with van der Waals surface area (Å²) in [4.78, 5) is 0. The van der Waals surface area contributed by atoms with E-state index in [9.17, 15) is 0 Å². The molecule has 0 saturated carbocycles. The summed E-state index contributed by atoms with van der Waals surface area (Å²) in [6.45, 7) is 0. The fraction of sp³-hybridized carbons (Fsp3) is 0. The summed E-state index contributed by atoms with van der Waals surface area (Å²) in [6, 6.07) is 94.5. The monoisotopic (exact) mass is 886 g/mol. The molecular formula is C68H42N2. The van der Waals surface area contributed by atoms with Gasteiger partial charge in [-0.2, -0.15) is 0 Å². The maximum atomic E-state index is 2.48. The average Bonchev–Trinajstić information content (AvgIpc) is 3.93. The van der Waals surface area contributed by atoms with Crippen molar-refractivity contribution in [1.29, 1.82) is 0 Å². The minimum atomic E-state index is 1.13. The Morgan fingerprint density at radius 3 is 1.06 bits per heavy atom. The second kappa shape index (κ2) is 15.1. The van der Waals surface area contributed by atoms with Crippen molar-refractivity contribution in [3.8, 4) is 78.1 Å². The molecule has 1 aliphatic carbocycles. The van der Waals surface area contributed by atoms with Gasteiger partial charge in [-0.3, -0.25) is 0 Å². The molecule has 2 nitrogen and oxygen atoms in total. The Bertz CT molecular complexity index is 4410. The van der Waals surface area contributed by atoms with Crippen molar-refractivity contribution >= 4 is 65.2 Å². The van der Waals surface area contributed by atoms with Gasteiger partial charge in [0, 0.05) is 32.9 Å². The number of rotatable bonds is 4. The zero-order chi connectivity index (χ0) is 45.9. The SMILES string of the molecule is c1ccc(-n2c3ccccc3c3cc4c5ccccc5n(-c5cccc(-c6c7ccccc7c(-c7ccc8c(c7)-c7ccccc7-c7ccccc7-c7ccccc7-8)c7ccccc67)c5)c4cc32)cc1. The topological polar surface area (TPSA) is 9.86 Å². The van der Waals surface area contributed by atoms with Crippen LogP contribution in [0.4, 0.5) is 0 Å². The van der Waals surface area contributed by atoms with Crippen LogP contribution in [-0.2, 0) is 0 Å². The zero-order valence-electron chi connectivity index (χ0n) is 38.1. The molecule has 0 N–H and O–H groups in total. The molecule has 0 saturated heterocycles. The van der Waals surface area contributed by atoms with Crippen LogP contribution in [0, 0.1) is 0 Å². The standard InChI is InChI=1S/C68H42N2/c1-2-20-45(21-3-1)69-63-35-16-14-29-54(63)61-41-62-55-30-15-17-36-64(55)70(66(62)42-65(61)69)46-22-18-19-43(39-46)67-56-31-10-12-33-58(56)68(59-34-13-11-32-57(59)67)44-37-38-53-51-27-7-6-25-49(51)47-23-4-5-24-48(47)50-26-8-9-28-52(50)60(53)40-44/h1-42H. The van der Waals surface area contributed by atoms with Crippen molar-refractivity contribution < 1.29 is 0 Å². The molecule has 0 fully saturated rings. The maximum Gasteiger partial charge on any atom is 0.0562 e. The molecule has 2 aromatic heterocycles. The average molecular weight is 887 g/mol. The van der Waals surface area contributed by atoms with Gasteiger partial charge in [-0.1, -0.05) is 200 Å². The van der Waals surface area contributed by atoms with Gasteiger partial charge in [0.15, 0.2) is 0 Å². The Morgan fingerprint density at radius 1 is 0.186 bits per heavy atom. The van der Waals surface area contributed by atoms with E-state index in [0.29, 0.717) is 0 Å². The lowest BCUT2D eigenvalue weighted by Crippen LogP contribution is -1.98. The maximum absolute atomic E-state index is 2.48. The summed E-state index contributed by atoms with van der Waals surface area (Å²) in [7, 11) is 0. The van der Waals surface area contributed by atoms with E-state index < -0.39 is 0 Å². The summed E-state index contributed by atoms with van der Waals surface area (Å²) in [5.74, 6) is 0. The molecular weight excluding hydrogens is 845 g/mol. The van der Waals surface area contributed by atoms with Crippen molar-refractivity contribution in [2.24, 2.45) is 0 Å². The van der Waals surface area contributed by atoms with Crippen LogP contribution in [0.25, 0.3) is 143 Å². The molecule has 0 aliphatic heterocycles. The molecule has 70 heavy (non-hydrogen) atoms. The summed E-state index contributed by atoms with van der Waals surface area (Å²) in [6.07, 6.45) is 0. The summed E-state index contributed by atoms with van der Waals surface area (Å²) in [5.41, 5.74) is 22.0. The van der Waals surface area contributed by atoms with Crippen LogP contribution in [0.5, 0.6) is 0 Å². The van der Waals surface area contributed by atoms with Crippen LogP contribution in [0.3, 0.4) is 0 Å². The molecule has 14 aromatic rings. The first-order valence-electron chi connectivity index (χ1n) is 24.3. The predicted molar refractivity (Wildman–Crippen MR) is 296 cm³/mol. The molecule has 0 radical (unpaired) electrons. The minimum absolute atomic E-state index is 1.13. The molecule has 0 unspecified atom stereocenters. The second-order valence-corrected chi connectivity index (χ2v) is 18.7. The van der Waals surface area contributed by atoms with Gasteiger partial charge in [-0.25, -0.2) is 0 Å².